The molecule has 1 amide bonds. The zero-order valence-electron chi connectivity index (χ0n) is 13.6. The van der Waals surface area contributed by atoms with Gasteiger partial charge < -0.3 is 5.11 Å². The van der Waals surface area contributed by atoms with E-state index in [2.05, 4.69) is 5.10 Å². The van der Waals surface area contributed by atoms with Crippen molar-refractivity contribution in [3.8, 4) is 0 Å². The molecule has 1 N–H and O–H groups in total. The molecule has 3 rings (SSSR count). The third-order valence-corrected chi connectivity index (χ3v) is 5.35. The van der Waals surface area contributed by atoms with Crippen LogP contribution < -0.4 is 0 Å². The summed E-state index contributed by atoms with van der Waals surface area (Å²) in [6.45, 7) is 1.91. The number of halogens is 4. The first-order chi connectivity index (χ1) is 11.7. The molecule has 136 valence electrons. The number of hydrogen-bond donors (Lipinski definition) is 1. The van der Waals surface area contributed by atoms with Crippen LogP contribution in [-0.4, -0.2) is 33.6 Å². The van der Waals surface area contributed by atoms with Crippen LogP contribution in [0.3, 0.4) is 0 Å². The monoisotopic (exact) mass is 374 g/mol. The number of aliphatic hydroxyl groups is 1. The van der Waals surface area contributed by atoms with E-state index in [1.165, 1.54) is 24.3 Å². The molecular weight excluding hydrogens is 357 g/mol. The van der Waals surface area contributed by atoms with Crippen LogP contribution in [0.15, 0.2) is 29.4 Å². The summed E-state index contributed by atoms with van der Waals surface area (Å²) in [6.07, 6.45) is -3.06. The summed E-state index contributed by atoms with van der Waals surface area (Å²) >= 11 is 5.75. The van der Waals surface area contributed by atoms with Crippen molar-refractivity contribution in [3.63, 3.8) is 0 Å². The highest BCUT2D eigenvalue weighted by molar-refractivity contribution is 6.30. The molecular formula is C17H18ClF3N2O2. The molecule has 4 nitrogen and oxygen atoms in total. The lowest BCUT2D eigenvalue weighted by Gasteiger charge is -2.39. The lowest BCUT2D eigenvalue weighted by atomic mass is 9.74. The fourth-order valence-electron chi connectivity index (χ4n) is 3.59. The molecule has 1 aliphatic heterocycles. The van der Waals surface area contributed by atoms with E-state index in [-0.39, 0.29) is 28.6 Å². The average Bonchev–Trinajstić information content (AvgIpc) is 2.88. The van der Waals surface area contributed by atoms with Gasteiger partial charge in [-0.25, -0.2) is 0 Å². The van der Waals surface area contributed by atoms with Crippen LogP contribution in [0.1, 0.15) is 43.0 Å². The van der Waals surface area contributed by atoms with E-state index in [1.54, 1.807) is 0 Å². The molecule has 0 spiro atoms. The zero-order chi connectivity index (χ0) is 18.4. The van der Waals surface area contributed by atoms with E-state index in [0.717, 1.165) is 6.42 Å². The van der Waals surface area contributed by atoms with Crippen molar-refractivity contribution < 1.29 is 23.1 Å². The first-order valence-corrected chi connectivity index (χ1v) is 8.52. The SMILES string of the molecule is CC[C@H]1CCC2=NN(C(=O)c3ccc(Cl)cc3)[C@@](O)(C(F)(F)F)[C@@H]2C1. The third-order valence-electron chi connectivity index (χ3n) is 5.10. The Morgan fingerprint density at radius 3 is 2.60 bits per heavy atom. The summed E-state index contributed by atoms with van der Waals surface area (Å²) in [5, 5.41) is 15.1. The van der Waals surface area contributed by atoms with Crippen LogP contribution in [-0.2, 0) is 0 Å². The Balaban J connectivity index is 2.01. The first-order valence-electron chi connectivity index (χ1n) is 8.15. The number of alkyl halides is 3. The Morgan fingerprint density at radius 1 is 1.40 bits per heavy atom. The van der Waals surface area contributed by atoms with Gasteiger partial charge in [0, 0.05) is 16.3 Å². The van der Waals surface area contributed by atoms with Crippen LogP contribution in [0.4, 0.5) is 13.2 Å². The lowest BCUT2D eigenvalue weighted by molar-refractivity contribution is -0.313. The second kappa shape index (κ2) is 6.29. The molecule has 1 aromatic rings. The maximum atomic E-state index is 13.8. The van der Waals surface area contributed by atoms with Gasteiger partial charge in [-0.2, -0.15) is 23.3 Å². The van der Waals surface area contributed by atoms with E-state index in [9.17, 15) is 23.1 Å². The van der Waals surface area contributed by atoms with Gasteiger partial charge in [-0.05, 0) is 49.4 Å². The quantitative estimate of drug-likeness (QED) is 0.842. The van der Waals surface area contributed by atoms with Crippen molar-refractivity contribution in [1.82, 2.24) is 5.01 Å². The van der Waals surface area contributed by atoms with Gasteiger partial charge in [0.15, 0.2) is 0 Å². The van der Waals surface area contributed by atoms with Gasteiger partial charge in [-0.3, -0.25) is 4.79 Å². The number of hydrazone groups is 1. The molecule has 0 unspecified atom stereocenters. The molecule has 1 heterocycles. The zero-order valence-corrected chi connectivity index (χ0v) is 14.3. The Labute approximate surface area is 148 Å². The largest absolute Gasteiger partial charge is 0.439 e. The summed E-state index contributed by atoms with van der Waals surface area (Å²) < 4.78 is 41.4. The van der Waals surface area contributed by atoms with E-state index in [1.807, 2.05) is 6.92 Å². The fourth-order valence-corrected chi connectivity index (χ4v) is 3.71. The summed E-state index contributed by atoms with van der Waals surface area (Å²) in [4.78, 5) is 12.6. The highest BCUT2D eigenvalue weighted by Crippen LogP contribution is 2.50. The number of hydrogen-bond acceptors (Lipinski definition) is 3. The molecule has 1 fully saturated rings. The maximum Gasteiger partial charge on any atom is 0.439 e. The molecule has 3 atom stereocenters. The molecule has 0 bridgehead atoms. The molecule has 2 aliphatic rings. The molecule has 1 saturated carbocycles. The standard InChI is InChI=1S/C17H18ClF3N2O2/c1-2-10-3-8-14-13(9-10)16(25,17(19,20)21)23(22-14)15(24)11-4-6-12(18)7-5-11/h4-7,10,13,25H,2-3,8-9H2,1H3/t10-,13+,16-/m0/s1. The maximum absolute atomic E-state index is 13.8. The molecule has 0 radical (unpaired) electrons. The van der Waals surface area contributed by atoms with Crippen LogP contribution in [0.25, 0.3) is 0 Å². The number of carbonyl (C=O) groups is 1. The first kappa shape index (κ1) is 18.2. The molecule has 1 aromatic carbocycles. The summed E-state index contributed by atoms with van der Waals surface area (Å²) in [7, 11) is 0. The minimum atomic E-state index is -5.01. The number of rotatable bonds is 2. The van der Waals surface area contributed by atoms with Gasteiger partial charge in [0.2, 0.25) is 0 Å². The summed E-state index contributed by atoms with van der Waals surface area (Å²) in [5.74, 6) is -2.14. The molecule has 0 saturated heterocycles. The van der Waals surface area contributed by atoms with Gasteiger partial charge in [-0.15, -0.1) is 0 Å². The number of amides is 1. The van der Waals surface area contributed by atoms with Crippen LogP contribution in [0, 0.1) is 11.8 Å². The minimum Gasteiger partial charge on any atom is -0.362 e. The average molecular weight is 375 g/mol. The smallest absolute Gasteiger partial charge is 0.362 e. The number of benzene rings is 1. The predicted molar refractivity (Wildman–Crippen MR) is 87.2 cm³/mol. The van der Waals surface area contributed by atoms with Crippen LogP contribution in [0.5, 0.6) is 0 Å². The van der Waals surface area contributed by atoms with Crippen molar-refractivity contribution in [1.29, 1.82) is 0 Å². The number of fused-ring (bicyclic) bond motifs is 1. The van der Waals surface area contributed by atoms with E-state index in [0.29, 0.717) is 17.9 Å². The molecule has 1 aliphatic carbocycles. The fraction of sp³-hybridized carbons (Fsp3) is 0.529. The molecule has 8 heteroatoms. The second-order valence-electron chi connectivity index (χ2n) is 6.54. The van der Waals surface area contributed by atoms with E-state index in [4.69, 9.17) is 11.6 Å². The van der Waals surface area contributed by atoms with Gasteiger partial charge >= 0.3 is 6.18 Å². The topological polar surface area (TPSA) is 52.9 Å². The van der Waals surface area contributed by atoms with E-state index < -0.39 is 23.7 Å². The lowest BCUT2D eigenvalue weighted by Crippen LogP contribution is -2.61. The third kappa shape index (κ3) is 2.93. The van der Waals surface area contributed by atoms with Gasteiger partial charge in [0.1, 0.15) is 0 Å². The summed E-state index contributed by atoms with van der Waals surface area (Å²) in [5.41, 5.74) is -3.08. The van der Waals surface area contributed by atoms with Gasteiger partial charge in [-0.1, -0.05) is 24.9 Å². The van der Waals surface area contributed by atoms with Crippen molar-refractivity contribution >= 4 is 23.2 Å². The highest BCUT2D eigenvalue weighted by atomic mass is 35.5. The summed E-state index contributed by atoms with van der Waals surface area (Å²) in [6, 6.07) is 5.45. The van der Waals surface area contributed by atoms with Crippen molar-refractivity contribution in [3.05, 3.63) is 34.9 Å². The van der Waals surface area contributed by atoms with Crippen molar-refractivity contribution in [2.75, 3.05) is 0 Å². The van der Waals surface area contributed by atoms with Gasteiger partial charge in [0.05, 0.1) is 5.92 Å². The Bertz CT molecular complexity index is 705. The van der Waals surface area contributed by atoms with E-state index >= 15 is 0 Å². The highest BCUT2D eigenvalue weighted by Gasteiger charge is 2.68. The normalized spacial score (nSPS) is 29.4. The van der Waals surface area contributed by atoms with Crippen molar-refractivity contribution in [2.24, 2.45) is 16.9 Å². The predicted octanol–water partition coefficient (Wildman–Crippen LogP) is 4.23. The Hall–Kier alpha value is -1.60. The second-order valence-corrected chi connectivity index (χ2v) is 6.98. The number of nitrogens with zero attached hydrogens (tertiary/aromatic N) is 2. The van der Waals surface area contributed by atoms with Gasteiger partial charge in [0.25, 0.3) is 11.6 Å². The van der Waals surface area contributed by atoms with Crippen molar-refractivity contribution in [2.45, 2.75) is 44.5 Å². The van der Waals surface area contributed by atoms with Crippen LogP contribution in [0.2, 0.25) is 5.02 Å². The van der Waals surface area contributed by atoms with Crippen LogP contribution >= 0.6 is 11.6 Å². The Morgan fingerprint density at radius 2 is 2.04 bits per heavy atom. The molecule has 0 aromatic heterocycles. The Kier molecular flexibility index (Phi) is 4.58. The molecule has 25 heavy (non-hydrogen) atoms. The minimum absolute atomic E-state index is 0.0119. The number of carbonyl (C=O) groups excluding carboxylic acids is 1.